The first-order valence-electron chi connectivity index (χ1n) is 5.84. The second kappa shape index (κ2) is 4.72. The molecule has 1 aromatic heterocycles. The molecule has 2 aromatic carbocycles. The van der Waals surface area contributed by atoms with Crippen molar-refractivity contribution in [3.8, 4) is 11.4 Å². The lowest BCUT2D eigenvalue weighted by Gasteiger charge is -2.06. The summed E-state index contributed by atoms with van der Waals surface area (Å²) in [4.78, 5) is 2.98. The summed E-state index contributed by atoms with van der Waals surface area (Å²) in [5.74, 6) is -0.627. The summed E-state index contributed by atoms with van der Waals surface area (Å²) in [6.45, 7) is 0. The molecule has 0 saturated carbocycles. The summed E-state index contributed by atoms with van der Waals surface area (Å²) < 4.78 is 33.9. The third-order valence-electron chi connectivity index (χ3n) is 3.04. The van der Waals surface area contributed by atoms with Crippen LogP contribution in [0.3, 0.4) is 0 Å². The zero-order valence-corrected chi connectivity index (χ0v) is 11.3. The number of aromatic nitrogens is 2. The van der Waals surface area contributed by atoms with E-state index in [1.807, 2.05) is 0 Å². The number of nitrogens with zero attached hydrogens (tertiary/aromatic N) is 1. The number of ether oxygens (including phenoxy) is 1. The lowest BCUT2D eigenvalue weighted by atomic mass is 10.2. The van der Waals surface area contributed by atoms with Crippen LogP contribution in [0.2, 0.25) is 0 Å². The normalized spacial score (nSPS) is 10.9. The Morgan fingerprint density at radius 2 is 1.95 bits per heavy atom. The van der Waals surface area contributed by atoms with Crippen molar-refractivity contribution in [2.45, 2.75) is 0 Å². The van der Waals surface area contributed by atoms with E-state index < -0.39 is 11.6 Å². The van der Waals surface area contributed by atoms with E-state index in [9.17, 15) is 8.78 Å². The van der Waals surface area contributed by atoms with E-state index in [1.54, 1.807) is 25.3 Å². The zero-order valence-electron chi connectivity index (χ0n) is 10.5. The number of H-pyrrole nitrogens is 1. The molecule has 0 spiro atoms. The fraction of sp³-hybridized carbons (Fsp3) is 0.0714. The molecule has 0 bridgehead atoms. The SMILES string of the molecule is COc1ccc2c(c1)[nH]c(=S)n2-c1ccc(F)cc1F. The van der Waals surface area contributed by atoms with Crippen molar-refractivity contribution in [2.75, 3.05) is 7.11 Å². The smallest absolute Gasteiger partial charge is 0.182 e. The van der Waals surface area contributed by atoms with Gasteiger partial charge in [-0.05, 0) is 36.5 Å². The maximum absolute atomic E-state index is 13.9. The molecule has 0 aliphatic heterocycles. The van der Waals surface area contributed by atoms with E-state index in [4.69, 9.17) is 17.0 Å². The summed E-state index contributed by atoms with van der Waals surface area (Å²) in [7, 11) is 1.56. The van der Waals surface area contributed by atoms with Crippen LogP contribution in [0.15, 0.2) is 36.4 Å². The predicted octanol–water partition coefficient (Wildman–Crippen LogP) is 3.97. The van der Waals surface area contributed by atoms with Crippen LogP contribution in [0.5, 0.6) is 5.75 Å². The highest BCUT2D eigenvalue weighted by Crippen LogP contribution is 2.25. The zero-order chi connectivity index (χ0) is 14.3. The molecule has 0 saturated heterocycles. The number of rotatable bonds is 2. The summed E-state index contributed by atoms with van der Waals surface area (Å²) in [5.41, 5.74) is 1.62. The summed E-state index contributed by atoms with van der Waals surface area (Å²) in [6, 6.07) is 8.68. The van der Waals surface area contributed by atoms with Gasteiger partial charge >= 0.3 is 0 Å². The molecule has 0 unspecified atom stereocenters. The van der Waals surface area contributed by atoms with Crippen LogP contribution in [0.25, 0.3) is 16.7 Å². The number of hydrogen-bond acceptors (Lipinski definition) is 2. The molecule has 3 nitrogen and oxygen atoms in total. The van der Waals surface area contributed by atoms with Crippen molar-refractivity contribution >= 4 is 23.3 Å². The first-order valence-corrected chi connectivity index (χ1v) is 6.25. The van der Waals surface area contributed by atoms with Crippen LogP contribution >= 0.6 is 12.2 Å². The van der Waals surface area contributed by atoms with Gasteiger partial charge in [0.2, 0.25) is 0 Å². The Labute approximate surface area is 118 Å². The predicted molar refractivity (Wildman–Crippen MR) is 74.9 cm³/mol. The third kappa shape index (κ3) is 1.98. The molecular weight excluding hydrogens is 282 g/mol. The van der Waals surface area contributed by atoms with Crippen molar-refractivity contribution < 1.29 is 13.5 Å². The highest BCUT2D eigenvalue weighted by atomic mass is 32.1. The van der Waals surface area contributed by atoms with E-state index >= 15 is 0 Å². The van der Waals surface area contributed by atoms with Crippen LogP contribution in [-0.4, -0.2) is 16.7 Å². The minimum absolute atomic E-state index is 0.202. The standard InChI is InChI=1S/C14H10F2N2OS/c1-19-9-3-5-13-11(7-9)17-14(20)18(13)12-4-2-8(15)6-10(12)16/h2-7H,1H3,(H,17,20). The second-order valence-electron chi connectivity index (χ2n) is 4.24. The largest absolute Gasteiger partial charge is 0.497 e. The molecule has 6 heteroatoms. The number of hydrogen-bond donors (Lipinski definition) is 1. The molecule has 0 aliphatic rings. The molecule has 3 aromatic rings. The fourth-order valence-electron chi connectivity index (χ4n) is 2.12. The molecule has 1 heterocycles. The van der Waals surface area contributed by atoms with Gasteiger partial charge in [-0.15, -0.1) is 0 Å². The van der Waals surface area contributed by atoms with E-state index in [1.165, 1.54) is 16.7 Å². The molecule has 0 amide bonds. The van der Waals surface area contributed by atoms with Gasteiger partial charge in [0.1, 0.15) is 17.4 Å². The molecule has 3 rings (SSSR count). The number of aromatic amines is 1. The van der Waals surface area contributed by atoms with Crippen LogP contribution in [0.4, 0.5) is 8.78 Å². The molecule has 0 aliphatic carbocycles. The Bertz CT molecular complexity index is 854. The summed E-state index contributed by atoms with van der Waals surface area (Å²) >= 11 is 5.21. The van der Waals surface area contributed by atoms with Crippen molar-refractivity contribution in [2.24, 2.45) is 0 Å². The number of benzene rings is 2. The third-order valence-corrected chi connectivity index (χ3v) is 3.32. The number of halogens is 2. The van der Waals surface area contributed by atoms with E-state index in [0.717, 1.165) is 11.6 Å². The maximum atomic E-state index is 13.9. The van der Waals surface area contributed by atoms with E-state index in [-0.39, 0.29) is 5.69 Å². The molecule has 102 valence electrons. The average Bonchev–Trinajstić information content (AvgIpc) is 2.74. The second-order valence-corrected chi connectivity index (χ2v) is 4.63. The number of methoxy groups -OCH3 is 1. The van der Waals surface area contributed by atoms with E-state index in [0.29, 0.717) is 16.0 Å². The highest BCUT2D eigenvalue weighted by molar-refractivity contribution is 7.71. The van der Waals surface area contributed by atoms with Crippen LogP contribution in [-0.2, 0) is 0 Å². The number of fused-ring (bicyclic) bond motifs is 1. The van der Waals surface area contributed by atoms with Gasteiger partial charge < -0.3 is 9.72 Å². The topological polar surface area (TPSA) is 29.9 Å². The Morgan fingerprint density at radius 3 is 2.65 bits per heavy atom. The van der Waals surface area contributed by atoms with Crippen LogP contribution in [0.1, 0.15) is 0 Å². The summed E-state index contributed by atoms with van der Waals surface area (Å²) in [6.07, 6.45) is 0. The molecule has 20 heavy (non-hydrogen) atoms. The van der Waals surface area contributed by atoms with Crippen LogP contribution in [0, 0.1) is 16.4 Å². The molecule has 0 fully saturated rings. The minimum Gasteiger partial charge on any atom is -0.497 e. The molecule has 1 N–H and O–H groups in total. The number of imidazole rings is 1. The fourth-order valence-corrected chi connectivity index (χ4v) is 2.43. The van der Waals surface area contributed by atoms with Gasteiger partial charge in [0.15, 0.2) is 4.77 Å². The van der Waals surface area contributed by atoms with Gasteiger partial charge in [0, 0.05) is 12.1 Å². The summed E-state index contributed by atoms with van der Waals surface area (Å²) in [5, 5.41) is 0. The van der Waals surface area contributed by atoms with Gasteiger partial charge in [-0.1, -0.05) is 0 Å². The van der Waals surface area contributed by atoms with Crippen molar-refractivity contribution in [3.05, 3.63) is 52.8 Å². The molecule has 0 atom stereocenters. The Kier molecular flexibility index (Phi) is 3.02. The van der Waals surface area contributed by atoms with Crippen molar-refractivity contribution in [1.82, 2.24) is 9.55 Å². The quantitative estimate of drug-likeness (QED) is 0.724. The first-order chi connectivity index (χ1) is 9.60. The van der Waals surface area contributed by atoms with E-state index in [2.05, 4.69) is 4.98 Å². The van der Waals surface area contributed by atoms with Gasteiger partial charge in [-0.2, -0.15) is 0 Å². The van der Waals surface area contributed by atoms with Gasteiger partial charge in [0.05, 0.1) is 23.8 Å². The molecular formula is C14H10F2N2OS. The highest BCUT2D eigenvalue weighted by Gasteiger charge is 2.12. The van der Waals surface area contributed by atoms with Crippen molar-refractivity contribution in [3.63, 3.8) is 0 Å². The van der Waals surface area contributed by atoms with Crippen LogP contribution < -0.4 is 4.74 Å². The minimum atomic E-state index is -0.669. The van der Waals surface area contributed by atoms with Gasteiger partial charge in [0.25, 0.3) is 0 Å². The lowest BCUT2D eigenvalue weighted by molar-refractivity contribution is 0.415. The maximum Gasteiger partial charge on any atom is 0.182 e. The first kappa shape index (κ1) is 12.8. The van der Waals surface area contributed by atoms with Gasteiger partial charge in [-0.25, -0.2) is 8.78 Å². The Balaban J connectivity index is 2.31. The van der Waals surface area contributed by atoms with Crippen molar-refractivity contribution in [1.29, 1.82) is 0 Å². The lowest BCUT2D eigenvalue weighted by Crippen LogP contribution is -1.98. The van der Waals surface area contributed by atoms with Gasteiger partial charge in [-0.3, -0.25) is 4.57 Å². The average molecular weight is 292 g/mol. The number of nitrogens with one attached hydrogen (secondary N) is 1. The Hall–Kier alpha value is -2.21. The Morgan fingerprint density at radius 1 is 1.15 bits per heavy atom. The monoisotopic (exact) mass is 292 g/mol. The molecule has 0 radical (unpaired) electrons.